The molecule has 0 fully saturated rings. The molecule has 4 nitrogen and oxygen atoms in total. The van der Waals surface area contributed by atoms with E-state index >= 15 is 0 Å². The maximum atomic E-state index is 4.62. The number of nitrogens with zero attached hydrogens (tertiary/aromatic N) is 4. The maximum Gasteiger partial charge on any atom is 0.0685 e. The van der Waals surface area contributed by atoms with Crippen LogP contribution in [0.1, 0.15) is 45.7 Å². The van der Waals surface area contributed by atoms with Crippen molar-refractivity contribution in [3.8, 4) is 0 Å². The third-order valence-electron chi connectivity index (χ3n) is 5.54. The summed E-state index contributed by atoms with van der Waals surface area (Å²) in [6, 6.07) is 32.7. The summed E-state index contributed by atoms with van der Waals surface area (Å²) in [6.07, 6.45) is 7.32. The molecule has 0 bridgehead atoms. The van der Waals surface area contributed by atoms with Crippen LogP contribution in [0.25, 0.3) is 0 Å². The van der Waals surface area contributed by atoms with Gasteiger partial charge in [0.15, 0.2) is 0 Å². The average molecular weight is 415 g/mol. The van der Waals surface area contributed by atoms with E-state index in [4.69, 9.17) is 0 Å². The Bertz CT molecular complexity index is 1060. The number of hydrogen-bond acceptors (Lipinski definition) is 4. The standard InChI is InChI=1S/C28H22N4/c1-5-17-29-23(9-1)27(24-10-2-6-18-30-24)21-13-15-22(16-14-21)28(25-11-3-7-19-31-25)26-12-4-8-20-32-26/h1-20,27-28H. The fraction of sp³-hybridized carbons (Fsp3) is 0.0714. The van der Waals surface area contributed by atoms with Crippen molar-refractivity contribution < 1.29 is 0 Å². The van der Waals surface area contributed by atoms with Crippen LogP contribution in [0.15, 0.2) is 122 Å². The monoisotopic (exact) mass is 414 g/mol. The predicted octanol–water partition coefficient (Wildman–Crippen LogP) is 5.63. The third kappa shape index (κ3) is 4.16. The quantitative estimate of drug-likeness (QED) is 0.361. The minimum absolute atomic E-state index is 0.0328. The van der Waals surface area contributed by atoms with Gasteiger partial charge in [-0.3, -0.25) is 19.9 Å². The fourth-order valence-corrected chi connectivity index (χ4v) is 4.05. The Morgan fingerprint density at radius 1 is 0.344 bits per heavy atom. The lowest BCUT2D eigenvalue weighted by molar-refractivity contribution is 0.858. The highest BCUT2D eigenvalue weighted by Gasteiger charge is 2.22. The van der Waals surface area contributed by atoms with Crippen LogP contribution in [0.5, 0.6) is 0 Å². The first-order chi connectivity index (χ1) is 15.9. The van der Waals surface area contributed by atoms with Gasteiger partial charge >= 0.3 is 0 Å². The summed E-state index contributed by atoms with van der Waals surface area (Å²) < 4.78 is 0. The van der Waals surface area contributed by atoms with Crippen LogP contribution >= 0.6 is 0 Å². The molecule has 4 heterocycles. The fourth-order valence-electron chi connectivity index (χ4n) is 4.05. The van der Waals surface area contributed by atoms with Crippen LogP contribution in [-0.4, -0.2) is 19.9 Å². The second-order valence-corrected chi connectivity index (χ2v) is 7.55. The van der Waals surface area contributed by atoms with Crippen molar-refractivity contribution in [2.75, 3.05) is 0 Å². The van der Waals surface area contributed by atoms with E-state index in [9.17, 15) is 0 Å². The van der Waals surface area contributed by atoms with Gasteiger partial charge in [-0.25, -0.2) is 0 Å². The lowest BCUT2D eigenvalue weighted by Crippen LogP contribution is -2.09. The Balaban J connectivity index is 1.57. The van der Waals surface area contributed by atoms with Gasteiger partial charge in [-0.15, -0.1) is 0 Å². The zero-order chi connectivity index (χ0) is 21.6. The molecule has 5 rings (SSSR count). The molecule has 0 spiro atoms. The Morgan fingerprint density at radius 3 is 0.844 bits per heavy atom. The summed E-state index contributed by atoms with van der Waals surface area (Å²) in [5, 5.41) is 0. The summed E-state index contributed by atoms with van der Waals surface area (Å²) in [5.41, 5.74) is 6.20. The molecule has 5 aromatic rings. The zero-order valence-electron chi connectivity index (χ0n) is 17.5. The molecule has 4 aromatic heterocycles. The molecule has 154 valence electrons. The van der Waals surface area contributed by atoms with Gasteiger partial charge < -0.3 is 0 Å². The van der Waals surface area contributed by atoms with Gasteiger partial charge in [-0.05, 0) is 59.7 Å². The van der Waals surface area contributed by atoms with Gasteiger partial charge in [0.05, 0.1) is 34.6 Å². The van der Waals surface area contributed by atoms with E-state index < -0.39 is 0 Å². The van der Waals surface area contributed by atoms with E-state index in [1.807, 2.05) is 73.3 Å². The molecule has 32 heavy (non-hydrogen) atoms. The summed E-state index contributed by atoms with van der Waals surface area (Å²) in [4.78, 5) is 18.5. The number of benzene rings is 1. The first-order valence-electron chi connectivity index (χ1n) is 10.6. The van der Waals surface area contributed by atoms with E-state index in [0.29, 0.717) is 0 Å². The van der Waals surface area contributed by atoms with E-state index in [0.717, 1.165) is 33.9 Å². The molecule has 0 atom stereocenters. The normalized spacial score (nSPS) is 11.1. The maximum absolute atomic E-state index is 4.62. The summed E-state index contributed by atoms with van der Waals surface area (Å²) >= 11 is 0. The Kier molecular flexibility index (Phi) is 5.75. The molecule has 0 N–H and O–H groups in total. The molecular weight excluding hydrogens is 392 g/mol. The van der Waals surface area contributed by atoms with Gasteiger partial charge in [0.25, 0.3) is 0 Å². The lowest BCUT2D eigenvalue weighted by atomic mass is 9.87. The van der Waals surface area contributed by atoms with Crippen molar-refractivity contribution >= 4 is 0 Å². The predicted molar refractivity (Wildman–Crippen MR) is 125 cm³/mol. The van der Waals surface area contributed by atoms with E-state index in [-0.39, 0.29) is 11.8 Å². The van der Waals surface area contributed by atoms with Crippen LogP contribution in [0.4, 0.5) is 0 Å². The molecule has 0 saturated heterocycles. The van der Waals surface area contributed by atoms with E-state index in [1.165, 1.54) is 0 Å². The van der Waals surface area contributed by atoms with Gasteiger partial charge in [-0.2, -0.15) is 0 Å². The van der Waals surface area contributed by atoms with Crippen molar-refractivity contribution in [2.45, 2.75) is 11.8 Å². The summed E-state index contributed by atoms with van der Waals surface area (Å²) in [7, 11) is 0. The van der Waals surface area contributed by atoms with E-state index in [1.54, 1.807) is 0 Å². The minimum atomic E-state index is -0.0328. The topological polar surface area (TPSA) is 51.6 Å². The van der Waals surface area contributed by atoms with Crippen LogP contribution in [0, 0.1) is 0 Å². The van der Waals surface area contributed by atoms with Gasteiger partial charge in [-0.1, -0.05) is 48.5 Å². The zero-order valence-corrected chi connectivity index (χ0v) is 17.5. The Hall–Kier alpha value is -4.18. The number of pyridine rings is 4. The molecule has 0 unspecified atom stereocenters. The molecule has 0 aliphatic rings. The number of aromatic nitrogens is 4. The van der Waals surface area contributed by atoms with Crippen LogP contribution in [0.3, 0.4) is 0 Å². The average Bonchev–Trinajstić information content (AvgIpc) is 2.88. The molecule has 4 heteroatoms. The summed E-state index contributed by atoms with van der Waals surface area (Å²) in [5.74, 6) is -0.0656. The third-order valence-corrected chi connectivity index (χ3v) is 5.54. The van der Waals surface area contributed by atoms with Gasteiger partial charge in [0, 0.05) is 24.8 Å². The van der Waals surface area contributed by atoms with Gasteiger partial charge in [0.1, 0.15) is 0 Å². The highest BCUT2D eigenvalue weighted by molar-refractivity contribution is 5.43. The highest BCUT2D eigenvalue weighted by Crippen LogP contribution is 2.33. The van der Waals surface area contributed by atoms with Gasteiger partial charge in [0.2, 0.25) is 0 Å². The van der Waals surface area contributed by atoms with Crippen molar-refractivity contribution in [3.05, 3.63) is 156 Å². The summed E-state index contributed by atoms with van der Waals surface area (Å²) in [6.45, 7) is 0. The number of hydrogen-bond donors (Lipinski definition) is 0. The second-order valence-electron chi connectivity index (χ2n) is 7.55. The van der Waals surface area contributed by atoms with Crippen molar-refractivity contribution in [1.82, 2.24) is 19.9 Å². The Morgan fingerprint density at radius 2 is 0.625 bits per heavy atom. The second kappa shape index (κ2) is 9.31. The molecule has 0 aliphatic heterocycles. The number of rotatable bonds is 6. The minimum Gasteiger partial charge on any atom is -0.260 e. The molecule has 0 amide bonds. The van der Waals surface area contributed by atoms with Crippen molar-refractivity contribution in [1.29, 1.82) is 0 Å². The molecule has 0 saturated carbocycles. The van der Waals surface area contributed by atoms with Crippen molar-refractivity contribution in [3.63, 3.8) is 0 Å². The smallest absolute Gasteiger partial charge is 0.0685 e. The first kappa shape index (κ1) is 19.8. The molecular formula is C28H22N4. The van der Waals surface area contributed by atoms with Crippen molar-refractivity contribution in [2.24, 2.45) is 0 Å². The SMILES string of the molecule is c1ccc(C(c2ccc(C(c3ccccn3)c3ccccn3)cc2)c2ccccn2)nc1. The van der Waals surface area contributed by atoms with Crippen LogP contribution in [0.2, 0.25) is 0 Å². The Labute approximate surface area is 187 Å². The highest BCUT2D eigenvalue weighted by atomic mass is 14.7. The van der Waals surface area contributed by atoms with Crippen LogP contribution < -0.4 is 0 Å². The van der Waals surface area contributed by atoms with Crippen LogP contribution in [-0.2, 0) is 0 Å². The molecule has 1 aromatic carbocycles. The molecule has 0 radical (unpaired) electrons. The largest absolute Gasteiger partial charge is 0.260 e. The first-order valence-corrected chi connectivity index (χ1v) is 10.6. The lowest BCUT2D eigenvalue weighted by Gasteiger charge is -2.20. The van der Waals surface area contributed by atoms with E-state index in [2.05, 4.69) is 68.5 Å². The molecule has 0 aliphatic carbocycles.